The molecule has 1 heterocycles. The van der Waals surface area contributed by atoms with Crippen LogP contribution < -0.4 is 0 Å². The Bertz CT molecular complexity index is 712. The van der Waals surface area contributed by atoms with Crippen LogP contribution in [0.4, 0.5) is 0 Å². The van der Waals surface area contributed by atoms with Crippen molar-refractivity contribution in [2.24, 2.45) is 5.92 Å². The molecule has 1 aliphatic carbocycles. The van der Waals surface area contributed by atoms with E-state index in [0.717, 1.165) is 27.7 Å². The van der Waals surface area contributed by atoms with Gasteiger partial charge < -0.3 is 10.1 Å². The highest BCUT2D eigenvalue weighted by atomic mass is 16.4. The van der Waals surface area contributed by atoms with Gasteiger partial charge in [0.1, 0.15) is 0 Å². The minimum atomic E-state index is -0.897. The first-order valence-corrected chi connectivity index (χ1v) is 6.35. The second kappa shape index (κ2) is 3.95. The molecule has 1 unspecified atom stereocenters. The van der Waals surface area contributed by atoms with E-state index in [0.29, 0.717) is 12.0 Å². The number of carboxylic acids is 1. The molecule has 0 radical (unpaired) electrons. The van der Waals surface area contributed by atoms with Crippen molar-refractivity contribution in [2.75, 3.05) is 0 Å². The summed E-state index contributed by atoms with van der Waals surface area (Å²) in [6.45, 7) is 3.97. The third kappa shape index (κ3) is 1.67. The fraction of sp³-hybridized carbons (Fsp3) is 0.333. The molecule has 0 saturated carbocycles. The third-order valence-electron chi connectivity index (χ3n) is 3.96. The van der Waals surface area contributed by atoms with Gasteiger partial charge in [-0.1, -0.05) is 12.1 Å². The van der Waals surface area contributed by atoms with Gasteiger partial charge in [-0.15, -0.1) is 0 Å². The van der Waals surface area contributed by atoms with Crippen molar-refractivity contribution in [3.05, 3.63) is 34.5 Å². The predicted molar refractivity (Wildman–Crippen MR) is 71.6 cm³/mol. The maximum Gasteiger partial charge on any atom is 0.307 e. The molecule has 1 atom stereocenters. The fourth-order valence-electron chi connectivity index (χ4n) is 2.94. The molecular formula is C15H15NO3. The summed E-state index contributed by atoms with van der Waals surface area (Å²) in [5, 5.41) is 10.1. The lowest BCUT2D eigenvalue weighted by Gasteiger charge is -2.17. The van der Waals surface area contributed by atoms with Gasteiger partial charge in [0.2, 0.25) is 0 Å². The normalized spacial score (nSPS) is 18.6. The maximum absolute atomic E-state index is 12.3. The van der Waals surface area contributed by atoms with Gasteiger partial charge in [0, 0.05) is 35.0 Å². The summed E-state index contributed by atoms with van der Waals surface area (Å²) in [5.74, 6) is -1.56. The van der Waals surface area contributed by atoms with Crippen LogP contribution in [-0.2, 0) is 11.2 Å². The van der Waals surface area contributed by atoms with Crippen molar-refractivity contribution in [3.63, 3.8) is 0 Å². The number of aliphatic carboxylic acids is 1. The van der Waals surface area contributed by atoms with Gasteiger partial charge in [0.25, 0.3) is 0 Å². The Morgan fingerprint density at radius 1 is 1.26 bits per heavy atom. The zero-order valence-corrected chi connectivity index (χ0v) is 10.9. The van der Waals surface area contributed by atoms with Crippen molar-refractivity contribution < 1.29 is 14.7 Å². The van der Waals surface area contributed by atoms with Crippen LogP contribution in [0.2, 0.25) is 0 Å². The average molecular weight is 257 g/mol. The first-order chi connectivity index (χ1) is 8.99. The topological polar surface area (TPSA) is 70.2 Å². The summed E-state index contributed by atoms with van der Waals surface area (Å²) < 4.78 is 0. The second-order valence-electron chi connectivity index (χ2n) is 5.29. The first-order valence-electron chi connectivity index (χ1n) is 6.35. The van der Waals surface area contributed by atoms with Gasteiger partial charge in [-0.05, 0) is 25.0 Å². The minimum absolute atomic E-state index is 0.0615. The van der Waals surface area contributed by atoms with Crippen LogP contribution in [0.1, 0.15) is 33.6 Å². The monoisotopic (exact) mass is 257 g/mol. The lowest BCUT2D eigenvalue weighted by molar-refractivity contribution is -0.141. The number of H-pyrrole nitrogens is 1. The summed E-state index contributed by atoms with van der Waals surface area (Å²) in [5.41, 5.74) is 4.57. The van der Waals surface area contributed by atoms with Crippen LogP contribution in [0.15, 0.2) is 12.1 Å². The van der Waals surface area contributed by atoms with Gasteiger partial charge in [0.05, 0.1) is 5.92 Å². The Morgan fingerprint density at radius 3 is 2.63 bits per heavy atom. The molecule has 0 fully saturated rings. The predicted octanol–water partition coefficient (Wildman–Crippen LogP) is 2.61. The number of Topliss-reactive ketones (excluding diaryl/α,β-unsaturated/α-hetero) is 1. The van der Waals surface area contributed by atoms with Crippen LogP contribution in [0.3, 0.4) is 0 Å². The van der Waals surface area contributed by atoms with E-state index in [-0.39, 0.29) is 12.2 Å². The lowest BCUT2D eigenvalue weighted by Crippen LogP contribution is -2.26. The van der Waals surface area contributed by atoms with Crippen molar-refractivity contribution >= 4 is 22.7 Å². The van der Waals surface area contributed by atoms with E-state index in [1.54, 1.807) is 0 Å². The number of carbonyl (C=O) groups is 2. The van der Waals surface area contributed by atoms with Gasteiger partial charge >= 0.3 is 5.97 Å². The number of aromatic amines is 1. The van der Waals surface area contributed by atoms with E-state index < -0.39 is 11.9 Å². The number of rotatable bonds is 1. The highest BCUT2D eigenvalue weighted by Crippen LogP contribution is 2.34. The fourth-order valence-corrected chi connectivity index (χ4v) is 2.94. The molecule has 4 nitrogen and oxygen atoms in total. The van der Waals surface area contributed by atoms with Crippen molar-refractivity contribution in [2.45, 2.75) is 26.7 Å². The van der Waals surface area contributed by atoms with Crippen LogP contribution in [0.5, 0.6) is 0 Å². The van der Waals surface area contributed by atoms with E-state index in [4.69, 9.17) is 5.11 Å². The van der Waals surface area contributed by atoms with Crippen LogP contribution in [0.25, 0.3) is 10.9 Å². The Balaban J connectivity index is 2.28. The van der Waals surface area contributed by atoms with Crippen molar-refractivity contribution in [3.8, 4) is 0 Å². The van der Waals surface area contributed by atoms with Crippen LogP contribution in [-0.4, -0.2) is 21.8 Å². The molecule has 2 N–H and O–H groups in total. The summed E-state index contributed by atoms with van der Waals surface area (Å²) in [6, 6.07) is 4.02. The largest absolute Gasteiger partial charge is 0.481 e. The summed E-state index contributed by atoms with van der Waals surface area (Å²) in [6.07, 6.45) is 0.507. The Kier molecular flexibility index (Phi) is 2.49. The van der Waals surface area contributed by atoms with E-state index in [2.05, 4.69) is 4.98 Å². The number of hydrogen-bond acceptors (Lipinski definition) is 2. The molecule has 0 aliphatic heterocycles. The highest BCUT2D eigenvalue weighted by molar-refractivity contribution is 6.12. The second-order valence-corrected chi connectivity index (χ2v) is 5.29. The average Bonchev–Trinajstić information content (AvgIpc) is 2.74. The van der Waals surface area contributed by atoms with E-state index in [9.17, 15) is 9.59 Å². The molecule has 3 rings (SSSR count). The molecule has 0 spiro atoms. The lowest BCUT2D eigenvalue weighted by atomic mass is 9.85. The standard InChI is InChI=1S/C15H15NO3/c1-7-3-4-8(2)14-12(7)13-10(16-14)5-9(15(18)19)6-11(13)17/h3-4,9,16H,5-6H2,1-2H3,(H,18,19). The number of benzene rings is 1. The number of carbonyl (C=O) groups excluding carboxylic acids is 1. The molecular weight excluding hydrogens is 242 g/mol. The number of carboxylic acid groups (broad SMARTS) is 1. The van der Waals surface area contributed by atoms with E-state index in [1.807, 2.05) is 26.0 Å². The van der Waals surface area contributed by atoms with Crippen molar-refractivity contribution in [1.82, 2.24) is 4.98 Å². The number of nitrogens with one attached hydrogen (secondary N) is 1. The molecule has 1 aromatic heterocycles. The zero-order chi connectivity index (χ0) is 13.7. The minimum Gasteiger partial charge on any atom is -0.481 e. The SMILES string of the molecule is Cc1ccc(C)c2c3c([nH]c12)CC(C(=O)O)CC3=O. The summed E-state index contributed by atoms with van der Waals surface area (Å²) >= 11 is 0. The van der Waals surface area contributed by atoms with Gasteiger partial charge in [-0.2, -0.15) is 0 Å². The molecule has 2 aromatic rings. The first kappa shape index (κ1) is 12.0. The Hall–Kier alpha value is -2.10. The number of ketones is 1. The van der Waals surface area contributed by atoms with Gasteiger partial charge in [-0.3, -0.25) is 9.59 Å². The van der Waals surface area contributed by atoms with E-state index >= 15 is 0 Å². The molecule has 0 saturated heterocycles. The smallest absolute Gasteiger partial charge is 0.307 e. The molecule has 4 heteroatoms. The third-order valence-corrected chi connectivity index (χ3v) is 3.96. The quantitative estimate of drug-likeness (QED) is 0.825. The number of aryl methyl sites for hydroxylation is 2. The number of fused-ring (bicyclic) bond motifs is 3. The molecule has 0 bridgehead atoms. The van der Waals surface area contributed by atoms with Gasteiger partial charge in [0.15, 0.2) is 5.78 Å². The number of hydrogen-bond donors (Lipinski definition) is 2. The van der Waals surface area contributed by atoms with Crippen LogP contribution in [0, 0.1) is 19.8 Å². The Labute approximate surface area is 110 Å². The maximum atomic E-state index is 12.3. The molecule has 0 amide bonds. The summed E-state index contributed by atoms with van der Waals surface area (Å²) in [4.78, 5) is 26.6. The molecule has 19 heavy (non-hydrogen) atoms. The Morgan fingerprint density at radius 2 is 1.95 bits per heavy atom. The van der Waals surface area contributed by atoms with Gasteiger partial charge in [-0.25, -0.2) is 0 Å². The van der Waals surface area contributed by atoms with Crippen molar-refractivity contribution in [1.29, 1.82) is 0 Å². The molecule has 98 valence electrons. The molecule has 1 aliphatic rings. The summed E-state index contributed by atoms with van der Waals surface area (Å²) in [7, 11) is 0. The van der Waals surface area contributed by atoms with E-state index in [1.165, 1.54) is 0 Å². The number of aromatic nitrogens is 1. The molecule has 1 aromatic carbocycles. The zero-order valence-electron chi connectivity index (χ0n) is 10.9. The highest BCUT2D eigenvalue weighted by Gasteiger charge is 2.33. The van der Waals surface area contributed by atoms with Crippen LogP contribution >= 0.6 is 0 Å².